The van der Waals surface area contributed by atoms with Crippen LogP contribution in [0.15, 0.2) is 28.2 Å². The van der Waals surface area contributed by atoms with E-state index in [9.17, 15) is 14.4 Å². The summed E-state index contributed by atoms with van der Waals surface area (Å²) in [6.07, 6.45) is 2.97. The van der Waals surface area contributed by atoms with Crippen LogP contribution < -0.4 is 10.9 Å². The minimum Gasteiger partial charge on any atom is -0.336 e. The Bertz CT molecular complexity index is 1290. The number of rotatable bonds is 4. The number of fused-ring (bicyclic) bond motifs is 3. The number of benzene rings is 1. The average molecular weight is 455 g/mol. The van der Waals surface area contributed by atoms with Gasteiger partial charge in [-0.05, 0) is 50.3 Å². The van der Waals surface area contributed by atoms with E-state index in [1.54, 1.807) is 15.9 Å². The van der Waals surface area contributed by atoms with Gasteiger partial charge in [0.2, 0.25) is 5.91 Å². The van der Waals surface area contributed by atoms with E-state index in [-0.39, 0.29) is 23.3 Å². The van der Waals surface area contributed by atoms with Crippen LogP contribution in [0.5, 0.6) is 0 Å². The number of thiophene rings is 1. The normalized spacial score (nSPS) is 15.5. The summed E-state index contributed by atoms with van der Waals surface area (Å²) in [4.78, 5) is 46.1. The van der Waals surface area contributed by atoms with Crippen LogP contribution in [0.2, 0.25) is 0 Å². The summed E-state index contributed by atoms with van der Waals surface area (Å²) >= 11 is 2.80. The minimum absolute atomic E-state index is 0.0430. The van der Waals surface area contributed by atoms with Crippen LogP contribution >= 0.6 is 23.1 Å². The molecule has 1 N–H and O–H groups in total. The molecule has 9 heteroatoms. The molecule has 1 aliphatic carbocycles. The maximum Gasteiger partial charge on any atom is 0.324 e. The van der Waals surface area contributed by atoms with Gasteiger partial charge in [0.05, 0.1) is 16.8 Å². The molecule has 5 rings (SSSR count). The topological polar surface area (TPSA) is 84.3 Å². The zero-order valence-electron chi connectivity index (χ0n) is 17.4. The highest BCUT2D eigenvalue weighted by Crippen LogP contribution is 2.36. The fraction of sp³-hybridized carbons (Fsp3) is 0.364. The van der Waals surface area contributed by atoms with Crippen molar-refractivity contribution in [1.29, 1.82) is 0 Å². The molecule has 2 aliphatic rings. The number of thioether (sulfide) groups is 1. The van der Waals surface area contributed by atoms with Crippen LogP contribution in [0.3, 0.4) is 0 Å². The lowest BCUT2D eigenvalue weighted by Gasteiger charge is -2.16. The molecule has 2 aromatic heterocycles. The van der Waals surface area contributed by atoms with Gasteiger partial charge in [-0.3, -0.25) is 19.1 Å². The molecule has 160 valence electrons. The monoisotopic (exact) mass is 454 g/mol. The van der Waals surface area contributed by atoms with Crippen molar-refractivity contribution >= 4 is 45.3 Å². The van der Waals surface area contributed by atoms with Crippen LogP contribution in [0.25, 0.3) is 15.9 Å². The van der Waals surface area contributed by atoms with Gasteiger partial charge in [0.1, 0.15) is 4.83 Å². The lowest BCUT2D eigenvalue weighted by atomic mass is 10.1. The first kappa shape index (κ1) is 20.3. The zero-order valence-corrected chi connectivity index (χ0v) is 19.0. The molecule has 3 amide bonds. The van der Waals surface area contributed by atoms with Crippen LogP contribution in [0.1, 0.15) is 28.0 Å². The van der Waals surface area contributed by atoms with E-state index >= 15 is 0 Å². The molecule has 1 fully saturated rings. The molecule has 0 bridgehead atoms. The Kier molecular flexibility index (Phi) is 5.10. The second-order valence-corrected chi connectivity index (χ2v) is 9.95. The quantitative estimate of drug-likeness (QED) is 0.483. The SMILES string of the molecule is Cc1ccc(-n2c(SCC(=O)N3CCNC3=O)nc3sc4c(c3c2=O)CCC4)c(C)c1. The van der Waals surface area contributed by atoms with Crippen molar-refractivity contribution in [1.82, 2.24) is 19.8 Å². The molecular weight excluding hydrogens is 432 g/mol. The summed E-state index contributed by atoms with van der Waals surface area (Å²) in [6.45, 7) is 4.83. The maximum absolute atomic E-state index is 13.7. The Balaban J connectivity index is 1.61. The first-order valence-electron chi connectivity index (χ1n) is 10.3. The summed E-state index contributed by atoms with van der Waals surface area (Å²) in [5.74, 6) is -0.239. The van der Waals surface area contributed by atoms with E-state index in [1.807, 2.05) is 32.0 Å². The summed E-state index contributed by atoms with van der Waals surface area (Å²) < 4.78 is 1.64. The third kappa shape index (κ3) is 3.45. The number of imide groups is 1. The first-order chi connectivity index (χ1) is 14.9. The number of hydrogen-bond donors (Lipinski definition) is 1. The van der Waals surface area contributed by atoms with Gasteiger partial charge in [-0.2, -0.15) is 0 Å². The van der Waals surface area contributed by atoms with Gasteiger partial charge in [0.25, 0.3) is 5.56 Å². The standard InChI is InChI=1S/C22H22N4O3S2/c1-12-6-7-15(13(2)10-12)26-20(28)18-14-4-3-5-16(14)31-19(18)24-22(26)30-11-17(27)25-9-8-23-21(25)29/h6-7,10H,3-5,8-9,11H2,1-2H3,(H,23,29). The Morgan fingerprint density at radius 3 is 2.84 bits per heavy atom. The lowest BCUT2D eigenvalue weighted by molar-refractivity contribution is -0.124. The highest BCUT2D eigenvalue weighted by atomic mass is 32.2. The Morgan fingerprint density at radius 2 is 2.10 bits per heavy atom. The van der Waals surface area contributed by atoms with Gasteiger partial charge in [0.15, 0.2) is 5.16 Å². The number of nitrogens with zero attached hydrogens (tertiary/aromatic N) is 3. The zero-order chi connectivity index (χ0) is 21.7. The fourth-order valence-corrected chi connectivity index (χ4v) is 6.49. The summed E-state index contributed by atoms with van der Waals surface area (Å²) in [7, 11) is 0. The number of carbonyl (C=O) groups is 2. The fourth-order valence-electron chi connectivity index (χ4n) is 4.30. The smallest absolute Gasteiger partial charge is 0.324 e. The second kappa shape index (κ2) is 7.80. The number of hydrogen-bond acceptors (Lipinski definition) is 6. The van der Waals surface area contributed by atoms with Gasteiger partial charge < -0.3 is 5.32 Å². The Morgan fingerprint density at radius 1 is 1.26 bits per heavy atom. The van der Waals surface area contributed by atoms with E-state index in [0.717, 1.165) is 46.5 Å². The number of aryl methyl sites for hydroxylation is 4. The van der Waals surface area contributed by atoms with Crippen LogP contribution in [-0.2, 0) is 17.6 Å². The molecule has 3 heterocycles. The number of carbonyl (C=O) groups excluding carboxylic acids is 2. The summed E-state index contributed by atoms with van der Waals surface area (Å²) in [5, 5.41) is 3.84. The highest BCUT2D eigenvalue weighted by molar-refractivity contribution is 7.99. The molecule has 0 radical (unpaired) electrons. The Labute approximate surface area is 187 Å². The summed E-state index contributed by atoms with van der Waals surface area (Å²) in [6, 6.07) is 5.59. The van der Waals surface area contributed by atoms with Crippen LogP contribution in [-0.4, -0.2) is 45.2 Å². The second-order valence-electron chi connectivity index (χ2n) is 7.93. The van der Waals surface area contributed by atoms with Crippen molar-refractivity contribution in [3.05, 3.63) is 50.1 Å². The van der Waals surface area contributed by atoms with Crippen molar-refractivity contribution in [3.63, 3.8) is 0 Å². The van der Waals surface area contributed by atoms with Gasteiger partial charge in [-0.1, -0.05) is 29.5 Å². The molecule has 1 saturated heterocycles. The average Bonchev–Trinajstić information content (AvgIpc) is 3.43. The van der Waals surface area contributed by atoms with Crippen molar-refractivity contribution in [2.75, 3.05) is 18.8 Å². The van der Waals surface area contributed by atoms with E-state index < -0.39 is 0 Å². The van der Waals surface area contributed by atoms with E-state index in [2.05, 4.69) is 5.32 Å². The van der Waals surface area contributed by atoms with E-state index in [4.69, 9.17) is 4.98 Å². The van der Waals surface area contributed by atoms with Crippen molar-refractivity contribution in [2.45, 2.75) is 38.3 Å². The van der Waals surface area contributed by atoms with E-state index in [1.165, 1.54) is 21.5 Å². The van der Waals surface area contributed by atoms with Crippen molar-refractivity contribution in [3.8, 4) is 5.69 Å². The number of amides is 3. The van der Waals surface area contributed by atoms with Crippen LogP contribution in [0, 0.1) is 13.8 Å². The summed E-state index contributed by atoms with van der Waals surface area (Å²) in [5.41, 5.74) is 3.92. The minimum atomic E-state index is -0.365. The van der Waals surface area contributed by atoms with Crippen molar-refractivity contribution in [2.24, 2.45) is 0 Å². The third-order valence-corrected chi connectivity index (χ3v) is 7.89. The lowest BCUT2D eigenvalue weighted by Crippen LogP contribution is -2.35. The number of nitrogens with one attached hydrogen (secondary N) is 1. The number of urea groups is 1. The maximum atomic E-state index is 13.7. The molecule has 0 unspecified atom stereocenters. The van der Waals surface area contributed by atoms with Crippen LogP contribution in [0.4, 0.5) is 4.79 Å². The number of aromatic nitrogens is 2. The molecule has 0 saturated carbocycles. The van der Waals surface area contributed by atoms with Gasteiger partial charge in [-0.15, -0.1) is 11.3 Å². The molecule has 7 nitrogen and oxygen atoms in total. The van der Waals surface area contributed by atoms with E-state index in [0.29, 0.717) is 23.6 Å². The third-order valence-electron chi connectivity index (χ3n) is 5.78. The van der Waals surface area contributed by atoms with Crippen molar-refractivity contribution < 1.29 is 9.59 Å². The highest BCUT2D eigenvalue weighted by Gasteiger charge is 2.28. The first-order valence-corrected chi connectivity index (χ1v) is 12.1. The van der Waals surface area contributed by atoms with Gasteiger partial charge >= 0.3 is 6.03 Å². The predicted molar refractivity (Wildman–Crippen MR) is 123 cm³/mol. The van der Waals surface area contributed by atoms with Gasteiger partial charge in [-0.25, -0.2) is 9.78 Å². The largest absolute Gasteiger partial charge is 0.336 e. The molecule has 1 aliphatic heterocycles. The predicted octanol–water partition coefficient (Wildman–Crippen LogP) is 3.20. The molecule has 0 atom stereocenters. The molecule has 31 heavy (non-hydrogen) atoms. The van der Waals surface area contributed by atoms with Gasteiger partial charge in [0, 0.05) is 18.0 Å². The molecule has 0 spiro atoms. The molecule has 1 aromatic carbocycles. The Hall–Kier alpha value is -2.65. The molecular formula is C22H22N4O3S2. The molecule has 3 aromatic rings.